The minimum absolute atomic E-state index is 0.127. The molecular weight excluding hydrogens is 526 g/mol. The third-order valence-electron chi connectivity index (χ3n) is 4.94. The molecule has 0 saturated carbocycles. The summed E-state index contributed by atoms with van der Waals surface area (Å²) in [7, 11) is -3.96. The molecule has 1 aliphatic heterocycles. The Morgan fingerprint density at radius 3 is 2.45 bits per heavy atom. The summed E-state index contributed by atoms with van der Waals surface area (Å²) < 4.78 is 24.4. The summed E-state index contributed by atoms with van der Waals surface area (Å²) in [6.45, 7) is 0.343. The zero-order valence-electron chi connectivity index (χ0n) is 17.1. The first-order valence-electron chi connectivity index (χ1n) is 9.62. The monoisotopic (exact) mass is 543 g/mol. The van der Waals surface area contributed by atoms with Crippen LogP contribution in [-0.4, -0.2) is 25.1 Å². The van der Waals surface area contributed by atoms with Gasteiger partial charge in [0, 0.05) is 10.0 Å². The zero-order valence-corrected chi connectivity index (χ0v) is 20.3. The van der Waals surface area contributed by atoms with E-state index in [0.717, 1.165) is 15.0 Å². The standard InChI is InChI=1S/C22H18BrN5O3S2/c23-15-9-10-18-19(11-15)27(13-14-5-2-1-3-6-14)21(29)20(18)26-28(22(24)32)16-7-4-8-17(12-16)33(25,30)31/h1-12H,13H2,(H2,24,32)(H2,25,30,31)/b26-20-. The van der Waals surface area contributed by atoms with Crippen molar-refractivity contribution in [1.29, 1.82) is 0 Å². The van der Waals surface area contributed by atoms with Gasteiger partial charge in [-0.3, -0.25) is 4.79 Å². The molecule has 1 heterocycles. The number of carbonyl (C=O) groups excluding carboxylic acids is 1. The van der Waals surface area contributed by atoms with Crippen LogP contribution in [0.2, 0.25) is 0 Å². The number of amides is 1. The van der Waals surface area contributed by atoms with Crippen molar-refractivity contribution in [3.8, 4) is 0 Å². The maximum atomic E-state index is 13.4. The molecule has 4 N–H and O–H groups in total. The van der Waals surface area contributed by atoms with E-state index < -0.39 is 10.0 Å². The van der Waals surface area contributed by atoms with Gasteiger partial charge in [0.1, 0.15) is 0 Å². The predicted octanol–water partition coefficient (Wildman–Crippen LogP) is 3.10. The Kier molecular flexibility index (Phi) is 6.30. The van der Waals surface area contributed by atoms with Crippen LogP contribution in [0.4, 0.5) is 11.4 Å². The van der Waals surface area contributed by atoms with Gasteiger partial charge in [-0.2, -0.15) is 5.10 Å². The summed E-state index contributed by atoms with van der Waals surface area (Å²) >= 11 is 8.60. The summed E-state index contributed by atoms with van der Waals surface area (Å²) in [4.78, 5) is 14.9. The Labute approximate surface area is 204 Å². The van der Waals surface area contributed by atoms with Crippen LogP contribution in [0.3, 0.4) is 0 Å². The number of anilines is 2. The number of halogens is 1. The number of carbonyl (C=O) groups is 1. The van der Waals surface area contributed by atoms with E-state index in [0.29, 0.717) is 17.8 Å². The van der Waals surface area contributed by atoms with Crippen LogP contribution in [0.5, 0.6) is 0 Å². The van der Waals surface area contributed by atoms with Crippen LogP contribution in [0.25, 0.3) is 0 Å². The first-order valence-corrected chi connectivity index (χ1v) is 12.4. The fraction of sp³-hybridized carbons (Fsp3) is 0.0455. The quantitative estimate of drug-likeness (QED) is 0.376. The van der Waals surface area contributed by atoms with Gasteiger partial charge in [-0.05, 0) is 54.2 Å². The second-order valence-corrected chi connectivity index (χ2v) is 10.1. The van der Waals surface area contributed by atoms with E-state index in [2.05, 4.69) is 21.0 Å². The minimum Gasteiger partial charge on any atom is -0.374 e. The number of primary sulfonamides is 1. The van der Waals surface area contributed by atoms with Crippen molar-refractivity contribution >= 4 is 66.3 Å². The zero-order chi connectivity index (χ0) is 23.8. The Bertz CT molecular complexity index is 1390. The van der Waals surface area contributed by atoms with Crippen molar-refractivity contribution in [2.75, 3.05) is 9.91 Å². The molecule has 8 nitrogen and oxygen atoms in total. The lowest BCUT2D eigenvalue weighted by molar-refractivity contribution is -0.112. The highest BCUT2D eigenvalue weighted by atomic mass is 79.9. The van der Waals surface area contributed by atoms with Gasteiger partial charge in [-0.1, -0.05) is 52.3 Å². The molecule has 3 aromatic rings. The third-order valence-corrected chi connectivity index (χ3v) is 6.51. The fourth-order valence-electron chi connectivity index (χ4n) is 3.43. The number of thiocarbonyl (C=S) groups is 1. The topological polar surface area (TPSA) is 122 Å². The van der Waals surface area contributed by atoms with E-state index in [9.17, 15) is 13.2 Å². The van der Waals surface area contributed by atoms with Crippen molar-refractivity contribution in [2.24, 2.45) is 16.0 Å². The number of sulfonamides is 1. The molecule has 0 bridgehead atoms. The second kappa shape index (κ2) is 9.02. The van der Waals surface area contributed by atoms with Gasteiger partial charge in [0.25, 0.3) is 5.91 Å². The summed E-state index contributed by atoms with van der Waals surface area (Å²) in [6, 6.07) is 20.7. The van der Waals surface area contributed by atoms with Crippen LogP contribution >= 0.6 is 28.1 Å². The third kappa shape index (κ3) is 4.81. The molecule has 0 saturated heterocycles. The summed E-state index contributed by atoms with van der Waals surface area (Å²) in [5.74, 6) is -0.337. The summed E-state index contributed by atoms with van der Waals surface area (Å²) in [5, 5.41) is 10.7. The van der Waals surface area contributed by atoms with E-state index >= 15 is 0 Å². The van der Waals surface area contributed by atoms with Crippen LogP contribution in [0.15, 0.2) is 87.3 Å². The molecule has 0 unspecified atom stereocenters. The number of benzene rings is 3. The van der Waals surface area contributed by atoms with E-state index in [1.807, 2.05) is 36.4 Å². The van der Waals surface area contributed by atoms with Crippen molar-refractivity contribution in [3.05, 3.63) is 88.4 Å². The molecule has 1 aliphatic rings. The Balaban J connectivity index is 1.81. The normalized spacial score (nSPS) is 14.4. The van der Waals surface area contributed by atoms with Gasteiger partial charge in [0.05, 0.1) is 22.8 Å². The van der Waals surface area contributed by atoms with Gasteiger partial charge in [0.15, 0.2) is 10.8 Å². The molecule has 168 valence electrons. The Morgan fingerprint density at radius 2 is 1.79 bits per heavy atom. The molecule has 0 aromatic heterocycles. The summed E-state index contributed by atoms with van der Waals surface area (Å²) in [6.07, 6.45) is 0. The second-order valence-electron chi connectivity index (χ2n) is 7.18. The molecule has 3 aromatic carbocycles. The number of rotatable bonds is 5. The van der Waals surface area contributed by atoms with Crippen molar-refractivity contribution in [1.82, 2.24) is 0 Å². The molecule has 11 heteroatoms. The average molecular weight is 544 g/mol. The molecule has 0 atom stereocenters. The van der Waals surface area contributed by atoms with E-state index in [1.165, 1.54) is 18.2 Å². The Morgan fingerprint density at radius 1 is 1.06 bits per heavy atom. The SMILES string of the molecule is NC(=S)N(/N=C1\C(=O)N(Cc2ccccc2)c2cc(Br)ccc21)c1cccc(S(N)(=O)=O)c1. The molecule has 0 fully saturated rings. The van der Waals surface area contributed by atoms with Gasteiger partial charge < -0.3 is 10.6 Å². The first kappa shape index (κ1) is 23.1. The number of nitrogens with zero attached hydrogens (tertiary/aromatic N) is 3. The highest BCUT2D eigenvalue weighted by Crippen LogP contribution is 2.34. The maximum Gasteiger partial charge on any atom is 0.279 e. The molecule has 33 heavy (non-hydrogen) atoms. The highest BCUT2D eigenvalue weighted by Gasteiger charge is 2.35. The lowest BCUT2D eigenvalue weighted by atomic mass is 10.1. The molecule has 0 aliphatic carbocycles. The van der Waals surface area contributed by atoms with Crippen LogP contribution in [0.1, 0.15) is 11.1 Å². The number of fused-ring (bicyclic) bond motifs is 1. The van der Waals surface area contributed by atoms with Gasteiger partial charge in [-0.15, -0.1) is 0 Å². The highest BCUT2D eigenvalue weighted by molar-refractivity contribution is 9.10. The number of nitrogens with two attached hydrogens (primary N) is 2. The average Bonchev–Trinajstić information content (AvgIpc) is 3.02. The largest absolute Gasteiger partial charge is 0.374 e. The number of hydrazone groups is 1. The Hall–Kier alpha value is -3.12. The maximum absolute atomic E-state index is 13.4. The van der Waals surface area contributed by atoms with E-state index in [4.69, 9.17) is 23.1 Å². The van der Waals surface area contributed by atoms with E-state index in [1.54, 1.807) is 23.1 Å². The van der Waals surface area contributed by atoms with Crippen LogP contribution < -0.4 is 20.8 Å². The molecular formula is C22H18BrN5O3S2. The first-order chi connectivity index (χ1) is 15.6. The van der Waals surface area contributed by atoms with Crippen LogP contribution in [-0.2, 0) is 21.4 Å². The van der Waals surface area contributed by atoms with Crippen molar-refractivity contribution < 1.29 is 13.2 Å². The lowest BCUT2D eigenvalue weighted by Gasteiger charge is -2.19. The minimum atomic E-state index is -3.96. The lowest BCUT2D eigenvalue weighted by Crippen LogP contribution is -2.35. The number of hydrogen-bond acceptors (Lipinski definition) is 5. The van der Waals surface area contributed by atoms with Gasteiger partial charge in [0.2, 0.25) is 10.0 Å². The molecule has 1 amide bonds. The molecule has 4 rings (SSSR count). The van der Waals surface area contributed by atoms with Crippen LogP contribution in [0, 0.1) is 0 Å². The fourth-order valence-corrected chi connectivity index (χ4v) is 4.48. The summed E-state index contributed by atoms with van der Waals surface area (Å²) in [5.41, 5.74) is 8.50. The molecule has 0 spiro atoms. The van der Waals surface area contributed by atoms with Crippen molar-refractivity contribution in [3.63, 3.8) is 0 Å². The molecule has 0 radical (unpaired) electrons. The smallest absolute Gasteiger partial charge is 0.279 e. The predicted molar refractivity (Wildman–Crippen MR) is 135 cm³/mol. The number of hydrogen-bond donors (Lipinski definition) is 2. The van der Waals surface area contributed by atoms with Crippen molar-refractivity contribution in [2.45, 2.75) is 11.4 Å². The van der Waals surface area contributed by atoms with E-state index in [-0.39, 0.29) is 27.3 Å². The van der Waals surface area contributed by atoms with Gasteiger partial charge in [-0.25, -0.2) is 18.6 Å². The van der Waals surface area contributed by atoms with Gasteiger partial charge >= 0.3 is 0 Å².